The van der Waals surface area contributed by atoms with Crippen molar-refractivity contribution in [2.24, 2.45) is 5.41 Å². The highest BCUT2D eigenvalue weighted by atomic mass is 16.5. The second kappa shape index (κ2) is 12.3. The molecule has 0 unspecified atom stereocenters. The number of methoxy groups -OCH3 is 1. The summed E-state index contributed by atoms with van der Waals surface area (Å²) in [6.07, 6.45) is 4.31. The highest BCUT2D eigenvalue weighted by Gasteiger charge is 2.25. The van der Waals surface area contributed by atoms with Crippen molar-refractivity contribution in [1.82, 2.24) is 4.98 Å². The Hall–Kier alpha value is -3.86. The van der Waals surface area contributed by atoms with Crippen LogP contribution < -0.4 is 14.4 Å². The molecule has 204 valence electrons. The van der Waals surface area contributed by atoms with E-state index in [0.29, 0.717) is 25.4 Å². The molecule has 0 saturated heterocycles. The van der Waals surface area contributed by atoms with Crippen LogP contribution in [0.2, 0.25) is 0 Å². The molecule has 0 fully saturated rings. The highest BCUT2D eigenvalue weighted by molar-refractivity contribution is 6.02. The van der Waals surface area contributed by atoms with Crippen LogP contribution in [0.3, 0.4) is 0 Å². The number of hydrogen-bond acceptors (Lipinski definition) is 4. The van der Waals surface area contributed by atoms with E-state index in [2.05, 4.69) is 64.1 Å². The monoisotopic (exact) mass is 524 g/mol. The van der Waals surface area contributed by atoms with E-state index in [1.165, 1.54) is 0 Å². The third-order valence-electron chi connectivity index (χ3n) is 6.74. The predicted octanol–water partition coefficient (Wildman–Crippen LogP) is 8.37. The molecule has 0 N–H and O–H groups in total. The number of anilines is 1. The van der Waals surface area contributed by atoms with E-state index in [-0.39, 0.29) is 11.3 Å². The molecule has 1 aromatic heterocycles. The Morgan fingerprint density at radius 3 is 2.36 bits per heavy atom. The summed E-state index contributed by atoms with van der Waals surface area (Å²) in [5.41, 5.74) is 4.25. The van der Waals surface area contributed by atoms with Crippen LogP contribution in [0, 0.1) is 12.3 Å². The van der Waals surface area contributed by atoms with Crippen molar-refractivity contribution < 1.29 is 14.3 Å². The Morgan fingerprint density at radius 1 is 0.949 bits per heavy atom. The minimum absolute atomic E-state index is 0.0561. The van der Waals surface area contributed by atoms with Gasteiger partial charge in [-0.05, 0) is 82.8 Å². The molecule has 0 aliphatic carbocycles. The van der Waals surface area contributed by atoms with Gasteiger partial charge in [0.2, 0.25) is 5.91 Å². The van der Waals surface area contributed by atoms with E-state index in [4.69, 9.17) is 14.5 Å². The minimum Gasteiger partial charge on any atom is -0.496 e. The first kappa shape index (κ1) is 28.2. The molecule has 0 atom stereocenters. The van der Waals surface area contributed by atoms with Gasteiger partial charge in [0.15, 0.2) is 0 Å². The molecule has 3 aromatic carbocycles. The van der Waals surface area contributed by atoms with Crippen molar-refractivity contribution in [2.45, 2.75) is 60.4 Å². The number of unbranched alkanes of at least 4 members (excludes halogenated alkanes) is 1. The van der Waals surface area contributed by atoms with E-state index in [1.807, 2.05) is 42.2 Å². The molecule has 5 nitrogen and oxygen atoms in total. The summed E-state index contributed by atoms with van der Waals surface area (Å²) >= 11 is 0. The van der Waals surface area contributed by atoms with Gasteiger partial charge in [-0.25, -0.2) is 4.98 Å². The van der Waals surface area contributed by atoms with E-state index >= 15 is 0 Å². The number of benzene rings is 3. The normalized spacial score (nSPS) is 11.4. The molecule has 0 aliphatic rings. The number of pyridine rings is 1. The Morgan fingerprint density at radius 2 is 1.69 bits per heavy atom. The standard InChI is InChI=1S/C34H40N2O3/c1-7-8-19-39-29-14-15-30-28(21-29)17-18-35-33(30)36(32(37)22-34(3,4)5)23-25-9-11-26(12-10-25)27-13-16-31(38-6)24(2)20-27/h9-18,20-21H,7-8,19,22-23H2,1-6H3. The molecule has 1 amide bonds. The van der Waals surface area contributed by atoms with E-state index in [1.54, 1.807) is 13.3 Å². The topological polar surface area (TPSA) is 51.7 Å². The van der Waals surface area contributed by atoms with Gasteiger partial charge in [-0.1, -0.05) is 64.4 Å². The van der Waals surface area contributed by atoms with Gasteiger partial charge in [0.05, 0.1) is 20.3 Å². The zero-order chi connectivity index (χ0) is 28.0. The number of nitrogens with zero attached hydrogens (tertiary/aromatic N) is 2. The Bertz CT molecular complexity index is 1420. The van der Waals surface area contributed by atoms with Crippen molar-refractivity contribution in [3.63, 3.8) is 0 Å². The van der Waals surface area contributed by atoms with Crippen LogP contribution in [0.25, 0.3) is 21.9 Å². The third kappa shape index (κ3) is 7.17. The van der Waals surface area contributed by atoms with Gasteiger partial charge >= 0.3 is 0 Å². The maximum atomic E-state index is 13.7. The number of ether oxygens (including phenoxy) is 2. The highest BCUT2D eigenvalue weighted by Crippen LogP contribution is 2.32. The summed E-state index contributed by atoms with van der Waals surface area (Å²) in [6, 6.07) is 22.6. The van der Waals surface area contributed by atoms with Crippen LogP contribution >= 0.6 is 0 Å². The molecule has 1 heterocycles. The number of carbonyl (C=O) groups is 1. The quantitative estimate of drug-likeness (QED) is 0.196. The number of rotatable bonds is 10. The summed E-state index contributed by atoms with van der Waals surface area (Å²) in [7, 11) is 1.69. The fraction of sp³-hybridized carbons (Fsp3) is 0.353. The first-order valence-electron chi connectivity index (χ1n) is 13.7. The van der Waals surface area contributed by atoms with Crippen molar-refractivity contribution >= 4 is 22.5 Å². The maximum Gasteiger partial charge on any atom is 0.229 e. The van der Waals surface area contributed by atoms with Crippen molar-refractivity contribution in [2.75, 3.05) is 18.6 Å². The molecule has 4 rings (SSSR count). The fourth-order valence-corrected chi connectivity index (χ4v) is 4.65. The average Bonchev–Trinajstić information content (AvgIpc) is 2.91. The van der Waals surface area contributed by atoms with E-state index in [9.17, 15) is 4.79 Å². The largest absolute Gasteiger partial charge is 0.496 e. The van der Waals surface area contributed by atoms with Crippen LogP contribution in [0.4, 0.5) is 5.82 Å². The molecular formula is C34H40N2O3. The first-order valence-corrected chi connectivity index (χ1v) is 13.7. The zero-order valence-corrected chi connectivity index (χ0v) is 24.1. The van der Waals surface area contributed by atoms with Crippen LogP contribution in [-0.2, 0) is 11.3 Å². The number of hydrogen-bond donors (Lipinski definition) is 0. The lowest BCUT2D eigenvalue weighted by Crippen LogP contribution is -2.34. The van der Waals surface area contributed by atoms with Crippen LogP contribution in [-0.4, -0.2) is 24.6 Å². The van der Waals surface area contributed by atoms with Gasteiger partial charge in [0.1, 0.15) is 17.3 Å². The lowest BCUT2D eigenvalue weighted by Gasteiger charge is -2.27. The number of carbonyl (C=O) groups excluding carboxylic acids is 1. The van der Waals surface area contributed by atoms with Crippen molar-refractivity contribution in [1.29, 1.82) is 0 Å². The second-order valence-electron chi connectivity index (χ2n) is 11.3. The lowest BCUT2D eigenvalue weighted by atomic mass is 9.91. The average molecular weight is 525 g/mol. The smallest absolute Gasteiger partial charge is 0.229 e. The molecule has 0 radical (unpaired) electrons. The molecule has 39 heavy (non-hydrogen) atoms. The van der Waals surface area contributed by atoms with Gasteiger partial charge in [0, 0.05) is 18.0 Å². The van der Waals surface area contributed by atoms with Gasteiger partial charge in [-0.2, -0.15) is 0 Å². The third-order valence-corrected chi connectivity index (χ3v) is 6.74. The minimum atomic E-state index is -0.143. The number of fused-ring (bicyclic) bond motifs is 1. The Balaban J connectivity index is 1.65. The van der Waals surface area contributed by atoms with Crippen LogP contribution in [0.1, 0.15) is 58.1 Å². The molecule has 0 spiro atoms. The number of aryl methyl sites for hydroxylation is 1. The SMILES string of the molecule is CCCCOc1ccc2c(N(Cc3ccc(-c4ccc(OC)c(C)c4)cc3)C(=O)CC(C)(C)C)nccc2c1. The summed E-state index contributed by atoms with van der Waals surface area (Å²) in [6.45, 7) is 11.6. The molecule has 5 heteroatoms. The first-order chi connectivity index (χ1) is 18.7. The summed E-state index contributed by atoms with van der Waals surface area (Å²) in [5, 5.41) is 1.95. The molecule has 0 aliphatic heterocycles. The zero-order valence-electron chi connectivity index (χ0n) is 24.1. The van der Waals surface area contributed by atoms with Crippen molar-refractivity contribution in [3.8, 4) is 22.6 Å². The molecular weight excluding hydrogens is 484 g/mol. The van der Waals surface area contributed by atoms with Crippen LogP contribution in [0.15, 0.2) is 72.9 Å². The number of aromatic nitrogens is 1. The van der Waals surface area contributed by atoms with Crippen molar-refractivity contribution in [3.05, 3.63) is 84.1 Å². The molecule has 0 saturated carbocycles. The maximum absolute atomic E-state index is 13.7. The summed E-state index contributed by atoms with van der Waals surface area (Å²) in [4.78, 5) is 20.2. The van der Waals surface area contributed by atoms with Crippen LogP contribution in [0.5, 0.6) is 11.5 Å². The summed E-state index contributed by atoms with van der Waals surface area (Å²) < 4.78 is 11.3. The van der Waals surface area contributed by atoms with Gasteiger partial charge in [0.25, 0.3) is 0 Å². The second-order valence-corrected chi connectivity index (χ2v) is 11.3. The predicted molar refractivity (Wildman–Crippen MR) is 161 cm³/mol. The Labute approximate surface area is 232 Å². The van der Waals surface area contributed by atoms with Gasteiger partial charge in [-0.15, -0.1) is 0 Å². The van der Waals surface area contributed by atoms with E-state index < -0.39 is 0 Å². The fourth-order valence-electron chi connectivity index (χ4n) is 4.65. The lowest BCUT2D eigenvalue weighted by molar-refractivity contribution is -0.120. The van der Waals surface area contributed by atoms with E-state index in [0.717, 1.165) is 57.4 Å². The van der Waals surface area contributed by atoms with Gasteiger partial charge < -0.3 is 9.47 Å². The number of amides is 1. The summed E-state index contributed by atoms with van der Waals surface area (Å²) in [5.74, 6) is 2.45. The Kier molecular flexibility index (Phi) is 8.90. The van der Waals surface area contributed by atoms with Gasteiger partial charge in [-0.3, -0.25) is 9.69 Å². The molecule has 4 aromatic rings. The molecule has 0 bridgehead atoms.